The zero-order valence-electron chi connectivity index (χ0n) is 12.9. The highest BCUT2D eigenvalue weighted by Gasteiger charge is 2.34. The van der Waals surface area contributed by atoms with Crippen LogP contribution in [0.2, 0.25) is 0 Å². The minimum Gasteiger partial charge on any atom is -0.299 e. The highest BCUT2D eigenvalue weighted by molar-refractivity contribution is 5.08. The molecule has 0 aliphatic heterocycles. The first kappa shape index (κ1) is 14.5. The Kier molecular flexibility index (Phi) is 4.62. The molecule has 106 valence electrons. The van der Waals surface area contributed by atoms with Crippen molar-refractivity contribution in [2.45, 2.75) is 59.0 Å². The van der Waals surface area contributed by atoms with Crippen LogP contribution in [0.3, 0.4) is 0 Å². The lowest BCUT2D eigenvalue weighted by Gasteiger charge is -2.43. The standard InChI is InChI=1S/C17H28N2/c1-14(2)17(3)9-7-16(8-10-17)19(4)13-15-6-5-11-18-12-15/h5-6,11-12,14,16H,7-10,13H2,1-4H3/t16-,17+. The molecular formula is C17H28N2. The van der Waals surface area contributed by atoms with Crippen LogP contribution in [0.5, 0.6) is 0 Å². The van der Waals surface area contributed by atoms with Gasteiger partial charge in [0.25, 0.3) is 0 Å². The summed E-state index contributed by atoms with van der Waals surface area (Å²) in [5.41, 5.74) is 1.88. The highest BCUT2D eigenvalue weighted by Crippen LogP contribution is 2.42. The smallest absolute Gasteiger partial charge is 0.0312 e. The molecule has 0 N–H and O–H groups in total. The molecule has 2 nitrogen and oxygen atoms in total. The quantitative estimate of drug-likeness (QED) is 0.809. The normalized spacial score (nSPS) is 28.0. The third kappa shape index (κ3) is 3.56. The number of rotatable bonds is 4. The molecule has 0 atom stereocenters. The summed E-state index contributed by atoms with van der Waals surface area (Å²) in [6.45, 7) is 8.24. The Hall–Kier alpha value is -0.890. The van der Waals surface area contributed by atoms with Crippen molar-refractivity contribution in [1.82, 2.24) is 9.88 Å². The molecule has 1 aromatic rings. The Bertz CT molecular complexity index is 378. The van der Waals surface area contributed by atoms with E-state index in [1.165, 1.54) is 31.2 Å². The van der Waals surface area contributed by atoms with Crippen LogP contribution >= 0.6 is 0 Å². The van der Waals surface area contributed by atoms with Gasteiger partial charge in [0.05, 0.1) is 0 Å². The molecule has 0 saturated heterocycles. The number of aromatic nitrogens is 1. The zero-order valence-corrected chi connectivity index (χ0v) is 12.9. The second-order valence-corrected chi connectivity index (χ2v) is 6.82. The van der Waals surface area contributed by atoms with Gasteiger partial charge in [-0.3, -0.25) is 9.88 Å². The summed E-state index contributed by atoms with van der Waals surface area (Å²) in [7, 11) is 2.26. The topological polar surface area (TPSA) is 16.1 Å². The Morgan fingerprint density at radius 1 is 1.37 bits per heavy atom. The number of hydrogen-bond acceptors (Lipinski definition) is 2. The number of nitrogens with zero attached hydrogens (tertiary/aromatic N) is 2. The summed E-state index contributed by atoms with van der Waals surface area (Å²) in [6.07, 6.45) is 9.24. The SMILES string of the molecule is CC(C)[C@]1(C)CC[C@H](N(C)Cc2cccnc2)CC1. The molecule has 1 aliphatic rings. The van der Waals surface area contributed by atoms with Gasteiger partial charge in [-0.2, -0.15) is 0 Å². The van der Waals surface area contributed by atoms with Crippen molar-refractivity contribution in [2.75, 3.05) is 7.05 Å². The van der Waals surface area contributed by atoms with Gasteiger partial charge < -0.3 is 0 Å². The maximum absolute atomic E-state index is 4.20. The van der Waals surface area contributed by atoms with Crippen LogP contribution in [0.25, 0.3) is 0 Å². The Morgan fingerprint density at radius 2 is 2.05 bits per heavy atom. The number of hydrogen-bond donors (Lipinski definition) is 0. The molecular weight excluding hydrogens is 232 g/mol. The Balaban J connectivity index is 1.88. The molecule has 19 heavy (non-hydrogen) atoms. The molecule has 0 amide bonds. The molecule has 0 unspecified atom stereocenters. The molecule has 1 aromatic heterocycles. The van der Waals surface area contributed by atoms with E-state index in [-0.39, 0.29) is 0 Å². The average molecular weight is 260 g/mol. The van der Waals surface area contributed by atoms with Crippen LogP contribution in [0.4, 0.5) is 0 Å². The van der Waals surface area contributed by atoms with E-state index < -0.39 is 0 Å². The minimum absolute atomic E-state index is 0.561. The third-order valence-corrected chi connectivity index (χ3v) is 5.27. The van der Waals surface area contributed by atoms with E-state index in [1.54, 1.807) is 0 Å². The van der Waals surface area contributed by atoms with E-state index >= 15 is 0 Å². The molecule has 1 heterocycles. The fourth-order valence-corrected chi connectivity index (χ4v) is 3.19. The van der Waals surface area contributed by atoms with Gasteiger partial charge >= 0.3 is 0 Å². The van der Waals surface area contributed by atoms with Crippen LogP contribution in [0.1, 0.15) is 52.0 Å². The van der Waals surface area contributed by atoms with Crippen LogP contribution in [-0.2, 0) is 6.54 Å². The fraction of sp³-hybridized carbons (Fsp3) is 0.706. The fourth-order valence-electron chi connectivity index (χ4n) is 3.19. The third-order valence-electron chi connectivity index (χ3n) is 5.27. The summed E-state index contributed by atoms with van der Waals surface area (Å²) in [5, 5.41) is 0. The molecule has 2 rings (SSSR count). The number of pyridine rings is 1. The molecule has 1 saturated carbocycles. The summed E-state index contributed by atoms with van der Waals surface area (Å²) in [4.78, 5) is 6.71. The monoisotopic (exact) mass is 260 g/mol. The zero-order chi connectivity index (χ0) is 13.9. The molecule has 0 radical (unpaired) electrons. The van der Waals surface area contributed by atoms with Crippen molar-refractivity contribution < 1.29 is 0 Å². The van der Waals surface area contributed by atoms with Gasteiger partial charge in [0.2, 0.25) is 0 Å². The van der Waals surface area contributed by atoms with Gasteiger partial charge in [0, 0.05) is 25.0 Å². The largest absolute Gasteiger partial charge is 0.299 e. The predicted octanol–water partition coefficient (Wildman–Crippen LogP) is 4.12. The van der Waals surface area contributed by atoms with Crippen LogP contribution < -0.4 is 0 Å². The van der Waals surface area contributed by atoms with E-state index in [2.05, 4.69) is 43.8 Å². The first-order valence-corrected chi connectivity index (χ1v) is 7.60. The summed E-state index contributed by atoms with van der Waals surface area (Å²) in [6, 6.07) is 4.94. The lowest BCUT2D eigenvalue weighted by Crippen LogP contribution is -2.39. The average Bonchev–Trinajstić information content (AvgIpc) is 2.40. The first-order chi connectivity index (χ1) is 9.01. The molecule has 0 aromatic carbocycles. The molecule has 0 bridgehead atoms. The van der Waals surface area contributed by atoms with Crippen molar-refractivity contribution in [1.29, 1.82) is 0 Å². The van der Waals surface area contributed by atoms with Gasteiger partial charge in [-0.05, 0) is 55.7 Å². The van der Waals surface area contributed by atoms with Crippen molar-refractivity contribution in [3.63, 3.8) is 0 Å². The molecule has 0 spiro atoms. The Morgan fingerprint density at radius 3 is 2.58 bits per heavy atom. The summed E-state index contributed by atoms with van der Waals surface area (Å²) < 4.78 is 0. The van der Waals surface area contributed by atoms with E-state index in [9.17, 15) is 0 Å². The summed E-state index contributed by atoms with van der Waals surface area (Å²) in [5.74, 6) is 0.803. The maximum atomic E-state index is 4.20. The van der Waals surface area contributed by atoms with Crippen LogP contribution in [-0.4, -0.2) is 23.0 Å². The van der Waals surface area contributed by atoms with Gasteiger partial charge in [0.15, 0.2) is 0 Å². The first-order valence-electron chi connectivity index (χ1n) is 7.60. The summed E-state index contributed by atoms with van der Waals surface area (Å²) >= 11 is 0. The molecule has 1 fully saturated rings. The second-order valence-electron chi connectivity index (χ2n) is 6.82. The lowest BCUT2D eigenvalue weighted by molar-refractivity contribution is 0.0778. The van der Waals surface area contributed by atoms with E-state index in [0.717, 1.165) is 18.5 Å². The van der Waals surface area contributed by atoms with E-state index in [4.69, 9.17) is 0 Å². The Labute approximate surface area is 118 Å². The van der Waals surface area contributed by atoms with Gasteiger partial charge in [-0.25, -0.2) is 0 Å². The van der Waals surface area contributed by atoms with E-state index in [0.29, 0.717) is 5.41 Å². The lowest BCUT2D eigenvalue weighted by atomic mass is 9.67. The van der Waals surface area contributed by atoms with Gasteiger partial charge in [-0.15, -0.1) is 0 Å². The van der Waals surface area contributed by atoms with Crippen molar-refractivity contribution in [3.05, 3.63) is 30.1 Å². The van der Waals surface area contributed by atoms with Crippen molar-refractivity contribution >= 4 is 0 Å². The second kappa shape index (κ2) is 6.04. The molecule has 2 heteroatoms. The van der Waals surface area contributed by atoms with Crippen LogP contribution in [0, 0.1) is 11.3 Å². The predicted molar refractivity (Wildman–Crippen MR) is 80.9 cm³/mol. The molecule has 1 aliphatic carbocycles. The van der Waals surface area contributed by atoms with E-state index in [1.807, 2.05) is 18.5 Å². The minimum atomic E-state index is 0.561. The maximum Gasteiger partial charge on any atom is 0.0312 e. The van der Waals surface area contributed by atoms with Crippen molar-refractivity contribution in [3.8, 4) is 0 Å². The van der Waals surface area contributed by atoms with Crippen LogP contribution in [0.15, 0.2) is 24.5 Å². The van der Waals surface area contributed by atoms with Gasteiger partial charge in [0.1, 0.15) is 0 Å². The van der Waals surface area contributed by atoms with Crippen molar-refractivity contribution in [2.24, 2.45) is 11.3 Å². The highest BCUT2D eigenvalue weighted by atomic mass is 15.1. The van der Waals surface area contributed by atoms with Gasteiger partial charge in [-0.1, -0.05) is 26.8 Å².